The summed E-state index contributed by atoms with van der Waals surface area (Å²) in [7, 11) is 0. The molecule has 2 fully saturated rings. The first-order chi connectivity index (χ1) is 17.1. The maximum absolute atomic E-state index is 12.7. The molecule has 2 aliphatic rings. The molecule has 0 atom stereocenters. The fraction of sp³-hybridized carbons (Fsp3) is 0.480. The molecule has 2 aromatic heterocycles. The lowest BCUT2D eigenvalue weighted by molar-refractivity contribution is 0.0497. The highest BCUT2D eigenvalue weighted by molar-refractivity contribution is 6.33. The van der Waals surface area contributed by atoms with E-state index in [0.717, 1.165) is 44.1 Å². The number of aromatic nitrogens is 5. The summed E-state index contributed by atoms with van der Waals surface area (Å²) in [6.07, 6.45) is 9.15. The van der Waals surface area contributed by atoms with Crippen molar-refractivity contribution >= 4 is 23.3 Å². The third kappa shape index (κ3) is 6.15. The second-order valence-corrected chi connectivity index (χ2v) is 9.62. The molecule has 2 N–H and O–H groups in total. The van der Waals surface area contributed by atoms with Gasteiger partial charge in [-0.3, -0.25) is 9.89 Å². The van der Waals surface area contributed by atoms with Crippen LogP contribution in [0.2, 0.25) is 5.02 Å². The summed E-state index contributed by atoms with van der Waals surface area (Å²) in [4.78, 5) is 25.6. The van der Waals surface area contributed by atoms with Crippen LogP contribution in [0, 0.1) is 11.8 Å². The number of hydrogen-bond donors (Lipinski definition) is 2. The van der Waals surface area contributed by atoms with Crippen LogP contribution in [0.5, 0.6) is 5.75 Å². The molecule has 0 radical (unpaired) electrons. The van der Waals surface area contributed by atoms with Gasteiger partial charge in [0.25, 0.3) is 5.91 Å². The number of carbonyl (C=O) groups is 1. The van der Waals surface area contributed by atoms with Crippen molar-refractivity contribution in [3.8, 4) is 17.0 Å². The number of benzene rings is 1. The van der Waals surface area contributed by atoms with E-state index in [4.69, 9.17) is 21.1 Å². The van der Waals surface area contributed by atoms with Crippen molar-refractivity contribution in [2.75, 3.05) is 25.1 Å². The summed E-state index contributed by atoms with van der Waals surface area (Å²) in [6, 6.07) is 7.17. The van der Waals surface area contributed by atoms with Crippen LogP contribution in [0.1, 0.15) is 55.0 Å². The van der Waals surface area contributed by atoms with Gasteiger partial charge in [0.2, 0.25) is 5.82 Å². The molecule has 5 rings (SSSR count). The molecule has 1 aromatic carbocycles. The summed E-state index contributed by atoms with van der Waals surface area (Å²) in [6.45, 7) is 2.20. The summed E-state index contributed by atoms with van der Waals surface area (Å²) in [5.74, 6) is 2.57. The second-order valence-electron chi connectivity index (χ2n) is 9.21. The SMILES string of the molecule is O=C(Nc1cc(-c2cc(OCC3CCOCC3)ccc2Cl)ncn1)c1n[nH]c(CC2CCCC2)n1. The van der Waals surface area contributed by atoms with Crippen LogP contribution in [-0.4, -0.2) is 50.9 Å². The Morgan fingerprint density at radius 3 is 2.77 bits per heavy atom. The molecule has 35 heavy (non-hydrogen) atoms. The van der Waals surface area contributed by atoms with Crippen LogP contribution < -0.4 is 10.1 Å². The smallest absolute Gasteiger partial charge is 0.296 e. The van der Waals surface area contributed by atoms with Crippen LogP contribution in [0.4, 0.5) is 5.82 Å². The van der Waals surface area contributed by atoms with E-state index in [1.165, 1.54) is 32.0 Å². The zero-order chi connectivity index (χ0) is 24.0. The predicted molar refractivity (Wildman–Crippen MR) is 132 cm³/mol. The number of anilines is 1. The van der Waals surface area contributed by atoms with Crippen molar-refractivity contribution in [3.05, 3.63) is 47.3 Å². The predicted octanol–water partition coefficient (Wildman–Crippen LogP) is 4.71. The van der Waals surface area contributed by atoms with Gasteiger partial charge in [0.1, 0.15) is 23.7 Å². The maximum Gasteiger partial charge on any atom is 0.296 e. The van der Waals surface area contributed by atoms with Gasteiger partial charge in [-0.05, 0) is 42.9 Å². The number of aromatic amines is 1. The van der Waals surface area contributed by atoms with Crippen LogP contribution in [0.15, 0.2) is 30.6 Å². The highest BCUT2D eigenvalue weighted by Crippen LogP contribution is 2.32. The summed E-state index contributed by atoms with van der Waals surface area (Å²) in [5, 5.41) is 10.3. The van der Waals surface area contributed by atoms with Gasteiger partial charge in [0.15, 0.2) is 0 Å². The van der Waals surface area contributed by atoms with Gasteiger partial charge >= 0.3 is 0 Å². The number of nitrogens with zero attached hydrogens (tertiary/aromatic N) is 4. The monoisotopic (exact) mass is 496 g/mol. The van der Waals surface area contributed by atoms with E-state index in [-0.39, 0.29) is 5.82 Å². The molecule has 9 nitrogen and oxygen atoms in total. The lowest BCUT2D eigenvalue weighted by Gasteiger charge is -2.22. The van der Waals surface area contributed by atoms with Crippen molar-refractivity contribution in [2.24, 2.45) is 11.8 Å². The van der Waals surface area contributed by atoms with Crippen molar-refractivity contribution in [2.45, 2.75) is 44.9 Å². The summed E-state index contributed by atoms with van der Waals surface area (Å²) < 4.78 is 11.4. The molecule has 1 aliphatic carbocycles. The van der Waals surface area contributed by atoms with E-state index < -0.39 is 5.91 Å². The summed E-state index contributed by atoms with van der Waals surface area (Å²) in [5.41, 5.74) is 1.28. The Bertz CT molecular complexity index is 1160. The van der Waals surface area contributed by atoms with Crippen molar-refractivity contribution in [1.82, 2.24) is 25.1 Å². The van der Waals surface area contributed by atoms with E-state index in [1.54, 1.807) is 12.1 Å². The van der Waals surface area contributed by atoms with Gasteiger partial charge in [-0.1, -0.05) is 37.3 Å². The zero-order valence-electron chi connectivity index (χ0n) is 19.5. The molecule has 0 unspecified atom stereocenters. The van der Waals surface area contributed by atoms with Crippen molar-refractivity contribution in [3.63, 3.8) is 0 Å². The molecule has 1 amide bonds. The van der Waals surface area contributed by atoms with Crippen LogP contribution in [0.3, 0.4) is 0 Å². The van der Waals surface area contributed by atoms with Crippen LogP contribution >= 0.6 is 11.6 Å². The Kier molecular flexibility index (Phi) is 7.54. The van der Waals surface area contributed by atoms with Crippen molar-refractivity contribution < 1.29 is 14.3 Å². The zero-order valence-corrected chi connectivity index (χ0v) is 20.3. The Balaban J connectivity index is 1.24. The third-order valence-corrected chi connectivity index (χ3v) is 6.97. The van der Waals surface area contributed by atoms with E-state index in [0.29, 0.717) is 40.5 Å². The molecule has 1 aliphatic heterocycles. The van der Waals surface area contributed by atoms with Gasteiger partial charge < -0.3 is 14.8 Å². The average Bonchev–Trinajstić information content (AvgIpc) is 3.57. The molecular formula is C25H29ClN6O3. The number of ether oxygens (including phenoxy) is 2. The normalized spacial score (nSPS) is 16.9. The molecule has 3 aromatic rings. The Morgan fingerprint density at radius 1 is 1.11 bits per heavy atom. The van der Waals surface area contributed by atoms with Gasteiger partial charge in [-0.2, -0.15) is 0 Å². The van der Waals surface area contributed by atoms with E-state index in [9.17, 15) is 4.79 Å². The van der Waals surface area contributed by atoms with Gasteiger partial charge in [0, 0.05) is 31.3 Å². The number of H-pyrrole nitrogens is 1. The van der Waals surface area contributed by atoms with E-state index in [1.807, 2.05) is 12.1 Å². The number of halogens is 1. The van der Waals surface area contributed by atoms with Crippen molar-refractivity contribution in [1.29, 1.82) is 0 Å². The lowest BCUT2D eigenvalue weighted by atomic mass is 10.0. The number of rotatable bonds is 8. The summed E-state index contributed by atoms with van der Waals surface area (Å²) >= 11 is 6.46. The second kappa shape index (κ2) is 11.1. The molecule has 1 saturated heterocycles. The highest BCUT2D eigenvalue weighted by atomic mass is 35.5. The van der Waals surface area contributed by atoms with Gasteiger partial charge in [0.05, 0.1) is 17.3 Å². The minimum absolute atomic E-state index is 0.0969. The Hall–Kier alpha value is -3.04. The molecule has 184 valence electrons. The largest absolute Gasteiger partial charge is 0.493 e. The molecule has 1 saturated carbocycles. The standard InChI is InChI=1S/C25H29ClN6O3/c26-20-6-5-18(35-14-17-7-9-34-10-8-17)12-19(20)21-13-22(28-15-27-21)30-25(33)24-29-23(31-32-24)11-16-3-1-2-4-16/h5-6,12-13,15-17H,1-4,7-11,14H2,(H,29,31,32)(H,27,28,30,33). The lowest BCUT2D eigenvalue weighted by Crippen LogP contribution is -2.21. The first kappa shape index (κ1) is 23.7. The fourth-order valence-corrected chi connectivity index (χ4v) is 4.85. The molecular weight excluding hydrogens is 468 g/mol. The average molecular weight is 497 g/mol. The highest BCUT2D eigenvalue weighted by Gasteiger charge is 2.20. The van der Waals surface area contributed by atoms with Crippen LogP contribution in [0.25, 0.3) is 11.3 Å². The molecule has 0 bridgehead atoms. The minimum atomic E-state index is -0.428. The first-order valence-electron chi connectivity index (χ1n) is 12.2. The van der Waals surface area contributed by atoms with E-state index in [2.05, 4.69) is 30.5 Å². The van der Waals surface area contributed by atoms with Crippen LogP contribution in [-0.2, 0) is 11.2 Å². The number of amides is 1. The topological polar surface area (TPSA) is 115 Å². The Morgan fingerprint density at radius 2 is 1.94 bits per heavy atom. The third-order valence-electron chi connectivity index (χ3n) is 6.64. The van der Waals surface area contributed by atoms with Gasteiger partial charge in [-0.15, -0.1) is 5.10 Å². The maximum atomic E-state index is 12.7. The number of carbonyl (C=O) groups excluding carboxylic acids is 1. The number of hydrogen-bond acceptors (Lipinski definition) is 7. The Labute approximate surface area is 209 Å². The van der Waals surface area contributed by atoms with E-state index >= 15 is 0 Å². The molecule has 10 heteroatoms. The first-order valence-corrected chi connectivity index (χ1v) is 12.6. The minimum Gasteiger partial charge on any atom is -0.493 e. The molecule has 3 heterocycles. The number of nitrogens with one attached hydrogen (secondary N) is 2. The quantitative estimate of drug-likeness (QED) is 0.464. The fourth-order valence-electron chi connectivity index (χ4n) is 4.64. The molecule has 0 spiro atoms. The van der Waals surface area contributed by atoms with Gasteiger partial charge in [-0.25, -0.2) is 15.0 Å².